The molecule has 0 aliphatic rings. The van der Waals surface area contributed by atoms with Gasteiger partial charge in [0.05, 0.1) is 10.7 Å². The molecule has 1 N–H and O–H groups in total. The van der Waals surface area contributed by atoms with Crippen molar-refractivity contribution in [3.63, 3.8) is 0 Å². The highest BCUT2D eigenvalue weighted by molar-refractivity contribution is 6.31. The van der Waals surface area contributed by atoms with Crippen molar-refractivity contribution >= 4 is 17.4 Å². The van der Waals surface area contributed by atoms with Crippen LogP contribution in [0.3, 0.4) is 0 Å². The molecule has 0 aliphatic carbocycles. The third-order valence-electron chi connectivity index (χ3n) is 2.78. The van der Waals surface area contributed by atoms with Crippen LogP contribution >= 0.6 is 11.6 Å². The van der Waals surface area contributed by atoms with E-state index in [1.54, 1.807) is 0 Å². The molecule has 0 aromatic carbocycles. The Balaban J connectivity index is 2.87. The van der Waals surface area contributed by atoms with Crippen LogP contribution in [-0.4, -0.2) is 23.6 Å². The van der Waals surface area contributed by atoms with Crippen molar-refractivity contribution in [3.8, 4) is 0 Å². The molecular weight excluding hydrogens is 246 g/mol. The summed E-state index contributed by atoms with van der Waals surface area (Å²) in [6.07, 6.45) is 0. The fourth-order valence-corrected chi connectivity index (χ4v) is 1.84. The average Bonchev–Trinajstić information content (AvgIpc) is 2.30. The van der Waals surface area contributed by atoms with E-state index in [0.717, 1.165) is 29.6 Å². The standard InChI is InChI=1S/C14H24ClN3/c1-6-18(7-2)13-9-8-11(15)12(17-13)10-16-14(3,4)5/h8-9,16H,6-7,10H2,1-5H3. The number of nitrogens with zero attached hydrogens (tertiary/aromatic N) is 2. The Morgan fingerprint density at radius 2 is 1.83 bits per heavy atom. The van der Waals surface area contributed by atoms with Gasteiger partial charge in [-0.05, 0) is 46.8 Å². The SMILES string of the molecule is CCN(CC)c1ccc(Cl)c(CNC(C)(C)C)n1. The van der Waals surface area contributed by atoms with Crippen LogP contribution in [0.1, 0.15) is 40.3 Å². The summed E-state index contributed by atoms with van der Waals surface area (Å²) < 4.78 is 0. The van der Waals surface area contributed by atoms with Crippen molar-refractivity contribution < 1.29 is 0 Å². The summed E-state index contributed by atoms with van der Waals surface area (Å²) >= 11 is 6.20. The van der Waals surface area contributed by atoms with Crippen LogP contribution in [0, 0.1) is 0 Å². The predicted octanol–water partition coefficient (Wildman–Crippen LogP) is 3.47. The molecule has 3 nitrogen and oxygen atoms in total. The van der Waals surface area contributed by atoms with Gasteiger partial charge < -0.3 is 10.2 Å². The van der Waals surface area contributed by atoms with Crippen LogP contribution in [0.2, 0.25) is 5.02 Å². The Morgan fingerprint density at radius 1 is 1.22 bits per heavy atom. The number of hydrogen-bond donors (Lipinski definition) is 1. The van der Waals surface area contributed by atoms with Crippen LogP contribution in [-0.2, 0) is 6.54 Å². The van der Waals surface area contributed by atoms with Gasteiger partial charge in [0, 0.05) is 25.2 Å². The summed E-state index contributed by atoms with van der Waals surface area (Å²) in [5, 5.41) is 4.14. The maximum atomic E-state index is 6.20. The molecular formula is C14H24ClN3. The number of halogens is 1. The van der Waals surface area contributed by atoms with Crippen molar-refractivity contribution in [2.24, 2.45) is 0 Å². The third kappa shape index (κ3) is 4.46. The van der Waals surface area contributed by atoms with E-state index in [9.17, 15) is 0 Å². The summed E-state index contributed by atoms with van der Waals surface area (Å²) in [7, 11) is 0. The van der Waals surface area contributed by atoms with Crippen LogP contribution in [0.5, 0.6) is 0 Å². The normalized spacial score (nSPS) is 11.7. The first-order valence-corrected chi connectivity index (χ1v) is 6.90. The lowest BCUT2D eigenvalue weighted by atomic mass is 10.1. The minimum absolute atomic E-state index is 0.0657. The largest absolute Gasteiger partial charge is 0.357 e. The van der Waals surface area contributed by atoms with Gasteiger partial charge in [-0.3, -0.25) is 0 Å². The minimum Gasteiger partial charge on any atom is -0.357 e. The van der Waals surface area contributed by atoms with E-state index in [4.69, 9.17) is 11.6 Å². The summed E-state index contributed by atoms with van der Waals surface area (Å²) in [5.74, 6) is 0.995. The highest BCUT2D eigenvalue weighted by atomic mass is 35.5. The molecule has 0 bridgehead atoms. The first kappa shape index (κ1) is 15.3. The maximum absolute atomic E-state index is 6.20. The zero-order valence-corrected chi connectivity index (χ0v) is 12.8. The fourth-order valence-electron chi connectivity index (χ4n) is 1.67. The van der Waals surface area contributed by atoms with Gasteiger partial charge >= 0.3 is 0 Å². The molecule has 1 rings (SSSR count). The smallest absolute Gasteiger partial charge is 0.128 e. The summed E-state index contributed by atoms with van der Waals surface area (Å²) in [4.78, 5) is 6.87. The number of pyridine rings is 1. The molecule has 0 aliphatic heterocycles. The van der Waals surface area contributed by atoms with Crippen molar-refractivity contribution in [2.75, 3.05) is 18.0 Å². The highest BCUT2D eigenvalue weighted by Crippen LogP contribution is 2.19. The van der Waals surface area contributed by atoms with E-state index >= 15 is 0 Å². The van der Waals surface area contributed by atoms with Crippen LogP contribution in [0.4, 0.5) is 5.82 Å². The molecule has 102 valence electrons. The summed E-state index contributed by atoms with van der Waals surface area (Å²) in [6, 6.07) is 3.91. The summed E-state index contributed by atoms with van der Waals surface area (Å²) in [6.45, 7) is 13.3. The first-order valence-electron chi connectivity index (χ1n) is 6.52. The van der Waals surface area contributed by atoms with Crippen molar-refractivity contribution in [1.29, 1.82) is 0 Å². The minimum atomic E-state index is 0.0657. The zero-order chi connectivity index (χ0) is 13.8. The molecule has 0 radical (unpaired) electrons. The molecule has 0 fully saturated rings. The molecule has 1 heterocycles. The Labute approximate surface area is 116 Å². The lowest BCUT2D eigenvalue weighted by Gasteiger charge is -2.23. The molecule has 0 spiro atoms. The predicted molar refractivity (Wildman–Crippen MR) is 79.4 cm³/mol. The van der Waals surface area contributed by atoms with Crippen LogP contribution < -0.4 is 10.2 Å². The monoisotopic (exact) mass is 269 g/mol. The van der Waals surface area contributed by atoms with E-state index in [2.05, 4.69) is 49.8 Å². The number of anilines is 1. The molecule has 0 amide bonds. The van der Waals surface area contributed by atoms with Gasteiger partial charge in [-0.25, -0.2) is 4.98 Å². The lowest BCUT2D eigenvalue weighted by molar-refractivity contribution is 0.421. The van der Waals surface area contributed by atoms with Gasteiger partial charge in [-0.15, -0.1) is 0 Å². The van der Waals surface area contributed by atoms with Gasteiger partial charge in [0.15, 0.2) is 0 Å². The van der Waals surface area contributed by atoms with Crippen LogP contribution in [0.15, 0.2) is 12.1 Å². The van der Waals surface area contributed by atoms with E-state index < -0.39 is 0 Å². The molecule has 0 atom stereocenters. The van der Waals surface area contributed by atoms with Gasteiger partial charge in [0.1, 0.15) is 5.82 Å². The van der Waals surface area contributed by atoms with E-state index in [1.807, 2.05) is 12.1 Å². The third-order valence-corrected chi connectivity index (χ3v) is 3.12. The molecule has 0 unspecified atom stereocenters. The Bertz CT molecular complexity index is 381. The number of aromatic nitrogens is 1. The first-order chi connectivity index (χ1) is 8.37. The van der Waals surface area contributed by atoms with Gasteiger partial charge in [0.25, 0.3) is 0 Å². The number of hydrogen-bond acceptors (Lipinski definition) is 3. The van der Waals surface area contributed by atoms with E-state index in [-0.39, 0.29) is 5.54 Å². The van der Waals surface area contributed by atoms with Crippen molar-refractivity contribution in [2.45, 2.75) is 46.7 Å². The molecule has 0 saturated carbocycles. The van der Waals surface area contributed by atoms with Crippen LogP contribution in [0.25, 0.3) is 0 Å². The fraction of sp³-hybridized carbons (Fsp3) is 0.643. The summed E-state index contributed by atoms with van der Waals surface area (Å²) in [5.41, 5.74) is 0.979. The Kier molecular flexibility index (Phi) is 5.42. The second-order valence-corrected chi connectivity index (χ2v) is 5.78. The molecule has 1 aromatic heterocycles. The maximum Gasteiger partial charge on any atom is 0.128 e. The van der Waals surface area contributed by atoms with Crippen molar-refractivity contribution in [1.82, 2.24) is 10.3 Å². The zero-order valence-electron chi connectivity index (χ0n) is 12.0. The lowest BCUT2D eigenvalue weighted by Crippen LogP contribution is -2.35. The van der Waals surface area contributed by atoms with E-state index in [1.165, 1.54) is 0 Å². The number of rotatable bonds is 5. The molecule has 1 aromatic rings. The number of nitrogens with one attached hydrogen (secondary N) is 1. The quantitative estimate of drug-likeness (QED) is 0.887. The second-order valence-electron chi connectivity index (χ2n) is 5.37. The molecule has 4 heteroatoms. The van der Waals surface area contributed by atoms with Gasteiger partial charge in [-0.2, -0.15) is 0 Å². The van der Waals surface area contributed by atoms with Gasteiger partial charge in [0.2, 0.25) is 0 Å². The molecule has 0 saturated heterocycles. The van der Waals surface area contributed by atoms with Crippen molar-refractivity contribution in [3.05, 3.63) is 22.8 Å². The van der Waals surface area contributed by atoms with E-state index in [0.29, 0.717) is 6.54 Å². The molecule has 18 heavy (non-hydrogen) atoms. The second kappa shape index (κ2) is 6.39. The Hall–Kier alpha value is -0.800. The average molecular weight is 270 g/mol. The highest BCUT2D eigenvalue weighted by Gasteiger charge is 2.12. The van der Waals surface area contributed by atoms with Gasteiger partial charge in [-0.1, -0.05) is 11.6 Å². The Morgan fingerprint density at radius 3 is 2.33 bits per heavy atom. The topological polar surface area (TPSA) is 28.2 Å².